The highest BCUT2D eigenvalue weighted by atomic mass is 16.5. The predicted molar refractivity (Wildman–Crippen MR) is 118 cm³/mol. The Hall–Kier alpha value is -1.79. The Kier molecular flexibility index (Phi) is 9.06. The van der Waals surface area contributed by atoms with E-state index in [0.29, 0.717) is 18.5 Å². The lowest BCUT2D eigenvalue weighted by Crippen LogP contribution is -2.55. The van der Waals surface area contributed by atoms with Gasteiger partial charge in [-0.2, -0.15) is 0 Å². The molecule has 28 heavy (non-hydrogen) atoms. The van der Waals surface area contributed by atoms with E-state index in [4.69, 9.17) is 4.74 Å². The highest BCUT2D eigenvalue weighted by molar-refractivity contribution is 5.79. The number of piperazine rings is 1. The minimum Gasteiger partial charge on any atom is -0.489 e. The number of guanidine groups is 1. The third kappa shape index (κ3) is 6.99. The number of hydrogen-bond acceptors (Lipinski definition) is 4. The van der Waals surface area contributed by atoms with Crippen LogP contribution in [0.1, 0.15) is 26.3 Å². The molecule has 1 aromatic rings. The molecule has 2 atom stereocenters. The summed E-state index contributed by atoms with van der Waals surface area (Å²) >= 11 is 0. The summed E-state index contributed by atoms with van der Waals surface area (Å²) in [5.41, 5.74) is 1.16. The van der Waals surface area contributed by atoms with Crippen LogP contribution in [0.2, 0.25) is 0 Å². The molecule has 6 nitrogen and oxygen atoms in total. The van der Waals surface area contributed by atoms with Gasteiger partial charge in [0.15, 0.2) is 5.96 Å². The molecular weight excluding hydrogens is 350 g/mol. The molecule has 158 valence electrons. The molecule has 1 aromatic carbocycles. The van der Waals surface area contributed by atoms with Gasteiger partial charge in [0.1, 0.15) is 11.9 Å². The SMILES string of the molecule is CN=C(NCC(C)Oc1ccccc1C)NCC(C(C)C)N1CCN(C)CC1. The number of hydrogen-bond donors (Lipinski definition) is 2. The average molecular weight is 390 g/mol. The molecule has 0 amide bonds. The van der Waals surface area contributed by atoms with Crippen molar-refractivity contribution in [2.24, 2.45) is 10.9 Å². The number of benzene rings is 1. The molecule has 2 rings (SSSR count). The lowest BCUT2D eigenvalue weighted by atomic mass is 10.0. The van der Waals surface area contributed by atoms with Gasteiger partial charge in [0, 0.05) is 45.8 Å². The zero-order valence-electron chi connectivity index (χ0n) is 18.5. The van der Waals surface area contributed by atoms with E-state index >= 15 is 0 Å². The molecule has 0 aromatic heterocycles. The fourth-order valence-corrected chi connectivity index (χ4v) is 3.55. The number of ether oxygens (including phenoxy) is 1. The summed E-state index contributed by atoms with van der Waals surface area (Å²) in [6.45, 7) is 14.9. The van der Waals surface area contributed by atoms with Crippen LogP contribution in [0, 0.1) is 12.8 Å². The second-order valence-electron chi connectivity index (χ2n) is 8.18. The monoisotopic (exact) mass is 389 g/mol. The molecule has 1 aliphatic rings. The van der Waals surface area contributed by atoms with E-state index in [2.05, 4.69) is 66.2 Å². The molecule has 0 spiro atoms. The summed E-state index contributed by atoms with van der Waals surface area (Å²) in [6, 6.07) is 8.63. The van der Waals surface area contributed by atoms with Crippen LogP contribution < -0.4 is 15.4 Å². The number of nitrogens with one attached hydrogen (secondary N) is 2. The van der Waals surface area contributed by atoms with Gasteiger partial charge in [-0.05, 0) is 38.4 Å². The van der Waals surface area contributed by atoms with Crippen LogP contribution in [0.3, 0.4) is 0 Å². The summed E-state index contributed by atoms with van der Waals surface area (Å²) in [5, 5.41) is 6.92. The van der Waals surface area contributed by atoms with Gasteiger partial charge in [-0.25, -0.2) is 0 Å². The van der Waals surface area contributed by atoms with Crippen molar-refractivity contribution in [1.29, 1.82) is 0 Å². The molecule has 1 fully saturated rings. The first-order valence-electron chi connectivity index (χ1n) is 10.5. The molecule has 0 bridgehead atoms. The van der Waals surface area contributed by atoms with E-state index in [1.807, 2.05) is 25.2 Å². The summed E-state index contributed by atoms with van der Waals surface area (Å²) in [4.78, 5) is 9.39. The lowest BCUT2D eigenvalue weighted by Gasteiger charge is -2.40. The summed E-state index contributed by atoms with van der Waals surface area (Å²) in [5.74, 6) is 2.37. The van der Waals surface area contributed by atoms with E-state index in [9.17, 15) is 0 Å². The van der Waals surface area contributed by atoms with Crippen LogP contribution in [0.4, 0.5) is 0 Å². The Bertz CT molecular complexity index is 611. The first kappa shape index (κ1) is 22.5. The Morgan fingerprint density at radius 3 is 2.32 bits per heavy atom. The van der Waals surface area contributed by atoms with Gasteiger partial charge in [0.2, 0.25) is 0 Å². The topological polar surface area (TPSA) is 52.1 Å². The van der Waals surface area contributed by atoms with Crippen LogP contribution in [-0.4, -0.2) is 81.3 Å². The number of para-hydroxylation sites is 1. The summed E-state index contributed by atoms with van der Waals surface area (Å²) in [7, 11) is 4.02. The second-order valence-corrected chi connectivity index (χ2v) is 8.18. The zero-order valence-corrected chi connectivity index (χ0v) is 18.5. The Morgan fingerprint density at radius 1 is 1.07 bits per heavy atom. The number of aliphatic imine (C=N–C) groups is 1. The molecule has 0 aliphatic carbocycles. The van der Waals surface area contributed by atoms with E-state index in [1.165, 1.54) is 0 Å². The molecule has 1 saturated heterocycles. The third-order valence-electron chi connectivity index (χ3n) is 5.46. The van der Waals surface area contributed by atoms with Gasteiger partial charge < -0.3 is 20.3 Å². The molecule has 0 radical (unpaired) electrons. The maximum absolute atomic E-state index is 6.05. The second kappa shape index (κ2) is 11.3. The van der Waals surface area contributed by atoms with Crippen molar-refractivity contribution in [3.05, 3.63) is 29.8 Å². The normalized spacial score (nSPS) is 18.8. The van der Waals surface area contributed by atoms with Crippen molar-refractivity contribution in [2.75, 3.05) is 53.4 Å². The first-order chi connectivity index (χ1) is 13.4. The van der Waals surface area contributed by atoms with Gasteiger partial charge in [-0.1, -0.05) is 32.0 Å². The highest BCUT2D eigenvalue weighted by Gasteiger charge is 2.25. The number of rotatable bonds is 8. The lowest BCUT2D eigenvalue weighted by molar-refractivity contribution is 0.0899. The maximum atomic E-state index is 6.05. The van der Waals surface area contributed by atoms with Crippen LogP contribution in [-0.2, 0) is 0 Å². The van der Waals surface area contributed by atoms with E-state index in [1.54, 1.807) is 0 Å². The molecule has 2 N–H and O–H groups in total. The fourth-order valence-electron chi connectivity index (χ4n) is 3.55. The number of likely N-dealkylation sites (N-methyl/N-ethyl adjacent to an activating group) is 1. The third-order valence-corrected chi connectivity index (χ3v) is 5.46. The molecule has 6 heteroatoms. The summed E-state index contributed by atoms with van der Waals surface area (Å²) in [6.07, 6.45) is 0.0539. The van der Waals surface area contributed by atoms with Crippen molar-refractivity contribution >= 4 is 5.96 Å². The van der Waals surface area contributed by atoms with Crippen LogP contribution in [0.15, 0.2) is 29.3 Å². The van der Waals surface area contributed by atoms with E-state index in [-0.39, 0.29) is 6.10 Å². The Labute approximate surface area is 171 Å². The molecule has 2 unspecified atom stereocenters. The minimum absolute atomic E-state index is 0.0539. The van der Waals surface area contributed by atoms with E-state index < -0.39 is 0 Å². The quantitative estimate of drug-likeness (QED) is 0.527. The van der Waals surface area contributed by atoms with Crippen molar-refractivity contribution in [1.82, 2.24) is 20.4 Å². The maximum Gasteiger partial charge on any atom is 0.191 e. The first-order valence-corrected chi connectivity index (χ1v) is 10.5. The van der Waals surface area contributed by atoms with E-state index in [0.717, 1.165) is 50.0 Å². The van der Waals surface area contributed by atoms with Gasteiger partial charge in [-0.3, -0.25) is 9.89 Å². The number of nitrogens with zero attached hydrogens (tertiary/aromatic N) is 3. The van der Waals surface area contributed by atoms with Crippen molar-refractivity contribution in [3.63, 3.8) is 0 Å². The standard InChI is InChI=1S/C22H39N5O/c1-17(2)20(27-13-11-26(6)12-14-27)16-25-22(23-5)24-15-19(4)28-21-10-8-7-9-18(21)3/h7-10,17,19-20H,11-16H2,1-6H3,(H2,23,24,25). The van der Waals surface area contributed by atoms with Crippen LogP contribution in [0.5, 0.6) is 5.75 Å². The average Bonchev–Trinajstić information content (AvgIpc) is 2.67. The fraction of sp³-hybridized carbons (Fsp3) is 0.682. The van der Waals surface area contributed by atoms with Gasteiger partial charge in [0.05, 0.1) is 6.54 Å². The molecule has 1 aliphatic heterocycles. The van der Waals surface area contributed by atoms with Crippen molar-refractivity contribution < 1.29 is 4.74 Å². The largest absolute Gasteiger partial charge is 0.489 e. The Morgan fingerprint density at radius 2 is 1.71 bits per heavy atom. The van der Waals surface area contributed by atoms with Crippen molar-refractivity contribution in [2.45, 2.75) is 39.8 Å². The predicted octanol–water partition coefficient (Wildman–Crippen LogP) is 2.20. The van der Waals surface area contributed by atoms with Crippen LogP contribution >= 0.6 is 0 Å². The zero-order chi connectivity index (χ0) is 20.5. The smallest absolute Gasteiger partial charge is 0.191 e. The van der Waals surface area contributed by atoms with Crippen molar-refractivity contribution in [3.8, 4) is 5.75 Å². The van der Waals surface area contributed by atoms with Gasteiger partial charge in [0.25, 0.3) is 0 Å². The number of aryl methyl sites for hydroxylation is 1. The molecule has 0 saturated carbocycles. The Balaban J connectivity index is 1.80. The van der Waals surface area contributed by atoms with Gasteiger partial charge in [-0.15, -0.1) is 0 Å². The highest BCUT2D eigenvalue weighted by Crippen LogP contribution is 2.17. The minimum atomic E-state index is 0.0539. The molecule has 1 heterocycles. The van der Waals surface area contributed by atoms with Crippen LogP contribution in [0.25, 0.3) is 0 Å². The molecular formula is C22H39N5O. The van der Waals surface area contributed by atoms with Gasteiger partial charge >= 0.3 is 0 Å². The summed E-state index contributed by atoms with van der Waals surface area (Å²) < 4.78 is 6.05.